The van der Waals surface area contributed by atoms with E-state index in [2.05, 4.69) is 41.5 Å². The van der Waals surface area contributed by atoms with Gasteiger partial charge >= 0.3 is 17.9 Å². The van der Waals surface area contributed by atoms with Crippen LogP contribution in [0.4, 0.5) is 0 Å². The van der Waals surface area contributed by atoms with Crippen LogP contribution in [0.25, 0.3) is 0 Å². The van der Waals surface area contributed by atoms with Gasteiger partial charge in [-0.2, -0.15) is 0 Å². The minimum absolute atomic E-state index is 0.0675. The number of hydrogen-bond donors (Lipinski definition) is 0. The zero-order chi connectivity index (χ0) is 37.8. The first-order valence-corrected chi connectivity index (χ1v) is 22.1. The summed E-state index contributed by atoms with van der Waals surface area (Å²) in [6, 6.07) is 0. The van der Waals surface area contributed by atoms with E-state index in [0.29, 0.717) is 19.3 Å². The molecule has 0 aliphatic heterocycles. The fourth-order valence-electron chi connectivity index (χ4n) is 6.49. The van der Waals surface area contributed by atoms with Crippen LogP contribution in [0.2, 0.25) is 0 Å². The van der Waals surface area contributed by atoms with Gasteiger partial charge in [-0.1, -0.05) is 196 Å². The molecule has 0 aromatic heterocycles. The minimum atomic E-state index is -0.762. The number of carbonyl (C=O) groups is 3. The van der Waals surface area contributed by atoms with Crippen molar-refractivity contribution in [2.45, 2.75) is 240 Å². The van der Waals surface area contributed by atoms with E-state index in [-0.39, 0.29) is 31.1 Å². The third kappa shape index (κ3) is 38.0. The molecular weight excluding hydrogens is 636 g/mol. The highest BCUT2D eigenvalue weighted by Gasteiger charge is 2.19. The van der Waals surface area contributed by atoms with Gasteiger partial charge in [0, 0.05) is 19.3 Å². The summed E-state index contributed by atoms with van der Waals surface area (Å²) in [6.45, 7) is 13.6. The Hall–Kier alpha value is -1.59. The van der Waals surface area contributed by atoms with Crippen LogP contribution in [0.1, 0.15) is 234 Å². The van der Waals surface area contributed by atoms with Gasteiger partial charge in [0.25, 0.3) is 0 Å². The molecule has 0 radical (unpaired) electrons. The Bertz CT molecular complexity index is 794. The van der Waals surface area contributed by atoms with Gasteiger partial charge in [-0.15, -0.1) is 0 Å². The monoisotopic (exact) mass is 723 g/mol. The van der Waals surface area contributed by atoms with E-state index in [1.54, 1.807) is 0 Å². The average molecular weight is 723 g/mol. The molecule has 0 heterocycles. The molecule has 0 aliphatic carbocycles. The highest BCUT2D eigenvalue weighted by atomic mass is 16.6. The molecule has 0 amide bonds. The highest BCUT2D eigenvalue weighted by Crippen LogP contribution is 2.17. The van der Waals surface area contributed by atoms with E-state index in [1.165, 1.54) is 116 Å². The van der Waals surface area contributed by atoms with Crippen LogP contribution in [-0.4, -0.2) is 37.2 Å². The summed E-state index contributed by atoms with van der Waals surface area (Å²) in [5, 5.41) is 0. The predicted octanol–water partition coefficient (Wildman–Crippen LogP) is 13.7. The molecule has 0 fully saturated rings. The summed E-state index contributed by atoms with van der Waals surface area (Å²) in [5.74, 6) is 1.54. The summed E-state index contributed by atoms with van der Waals surface area (Å²) in [6.07, 6.45) is 32.5. The molecule has 0 N–H and O–H groups in total. The molecule has 0 saturated heterocycles. The summed E-state index contributed by atoms with van der Waals surface area (Å²) in [4.78, 5) is 37.6. The van der Waals surface area contributed by atoms with E-state index in [9.17, 15) is 14.4 Å². The summed E-state index contributed by atoms with van der Waals surface area (Å²) in [5.41, 5.74) is 0. The van der Waals surface area contributed by atoms with Crippen molar-refractivity contribution in [3.05, 3.63) is 0 Å². The predicted molar refractivity (Wildman–Crippen MR) is 215 cm³/mol. The molecule has 1 unspecified atom stereocenters. The highest BCUT2D eigenvalue weighted by molar-refractivity contribution is 5.71. The molecule has 0 aliphatic rings. The number of unbranched alkanes of at least 4 members (excludes halogenated alkanes) is 20. The Balaban J connectivity index is 4.33. The van der Waals surface area contributed by atoms with E-state index in [0.717, 1.165) is 75.5 Å². The zero-order valence-electron chi connectivity index (χ0n) is 34.9. The Morgan fingerprint density at radius 1 is 0.392 bits per heavy atom. The zero-order valence-corrected chi connectivity index (χ0v) is 34.9. The van der Waals surface area contributed by atoms with Crippen molar-refractivity contribution in [2.75, 3.05) is 13.2 Å². The Morgan fingerprint density at radius 2 is 0.686 bits per heavy atom. The lowest BCUT2D eigenvalue weighted by atomic mass is 9.99. The molecule has 0 spiro atoms. The van der Waals surface area contributed by atoms with Gasteiger partial charge in [-0.25, -0.2) is 0 Å². The van der Waals surface area contributed by atoms with Crippen molar-refractivity contribution in [3.63, 3.8) is 0 Å². The normalized spacial score (nSPS) is 12.7. The molecule has 51 heavy (non-hydrogen) atoms. The first-order valence-electron chi connectivity index (χ1n) is 22.1. The van der Waals surface area contributed by atoms with Crippen LogP contribution in [0.15, 0.2) is 0 Å². The number of hydrogen-bond acceptors (Lipinski definition) is 6. The molecule has 6 heteroatoms. The van der Waals surface area contributed by atoms with Gasteiger partial charge < -0.3 is 14.2 Å². The first-order chi connectivity index (χ1) is 24.6. The molecule has 6 nitrogen and oxygen atoms in total. The smallest absolute Gasteiger partial charge is 0.306 e. The van der Waals surface area contributed by atoms with Crippen LogP contribution in [0, 0.1) is 17.8 Å². The largest absolute Gasteiger partial charge is 0.462 e. The third-order valence-electron chi connectivity index (χ3n) is 10.3. The fraction of sp³-hybridized carbons (Fsp3) is 0.933. The maximum atomic E-state index is 12.7. The van der Waals surface area contributed by atoms with Gasteiger partial charge in [0.15, 0.2) is 6.10 Å². The van der Waals surface area contributed by atoms with Crippen molar-refractivity contribution in [3.8, 4) is 0 Å². The second-order valence-corrected chi connectivity index (χ2v) is 16.5. The van der Waals surface area contributed by atoms with Gasteiger partial charge in [0.2, 0.25) is 0 Å². The molecule has 2 atom stereocenters. The quantitative estimate of drug-likeness (QED) is 0.0359. The molecule has 0 aromatic carbocycles. The van der Waals surface area contributed by atoms with Crippen molar-refractivity contribution in [2.24, 2.45) is 17.8 Å². The van der Waals surface area contributed by atoms with Crippen molar-refractivity contribution >= 4 is 17.9 Å². The molecule has 0 aromatic rings. The van der Waals surface area contributed by atoms with Gasteiger partial charge in [-0.05, 0) is 37.0 Å². The Labute approximate surface area is 317 Å². The molecule has 302 valence electrons. The average Bonchev–Trinajstić information content (AvgIpc) is 3.09. The van der Waals surface area contributed by atoms with Gasteiger partial charge in [0.05, 0.1) is 0 Å². The maximum Gasteiger partial charge on any atom is 0.306 e. The SMILES string of the molecule is CCC(C)CCCCCCCCCCCCC(=O)OC[C@@H](COC(=O)CCCCCCCCC(C)C)OC(=O)CCCCCCCCCC(C)C. The summed E-state index contributed by atoms with van der Waals surface area (Å²) >= 11 is 0. The van der Waals surface area contributed by atoms with Crippen molar-refractivity contribution in [1.82, 2.24) is 0 Å². The molecule has 0 saturated carbocycles. The molecule has 0 rings (SSSR count). The van der Waals surface area contributed by atoms with E-state index >= 15 is 0 Å². The number of esters is 3. The first kappa shape index (κ1) is 49.4. The fourth-order valence-corrected chi connectivity index (χ4v) is 6.49. The van der Waals surface area contributed by atoms with Crippen LogP contribution in [0.5, 0.6) is 0 Å². The van der Waals surface area contributed by atoms with E-state index < -0.39 is 6.10 Å². The number of rotatable bonds is 38. The summed E-state index contributed by atoms with van der Waals surface area (Å²) in [7, 11) is 0. The van der Waals surface area contributed by atoms with Crippen LogP contribution < -0.4 is 0 Å². The van der Waals surface area contributed by atoms with Crippen molar-refractivity contribution < 1.29 is 28.6 Å². The van der Waals surface area contributed by atoms with Crippen LogP contribution in [-0.2, 0) is 28.6 Å². The lowest BCUT2D eigenvalue weighted by Crippen LogP contribution is -2.30. The van der Waals surface area contributed by atoms with Crippen LogP contribution in [0.3, 0.4) is 0 Å². The second-order valence-electron chi connectivity index (χ2n) is 16.5. The number of carbonyl (C=O) groups excluding carboxylic acids is 3. The van der Waals surface area contributed by atoms with E-state index in [1.807, 2.05) is 0 Å². The lowest BCUT2D eigenvalue weighted by molar-refractivity contribution is -0.167. The minimum Gasteiger partial charge on any atom is -0.462 e. The lowest BCUT2D eigenvalue weighted by Gasteiger charge is -2.18. The maximum absolute atomic E-state index is 12.7. The van der Waals surface area contributed by atoms with Gasteiger partial charge in [0.1, 0.15) is 13.2 Å². The molecular formula is C45H86O6. The Morgan fingerprint density at radius 3 is 1.02 bits per heavy atom. The number of ether oxygens (including phenoxy) is 3. The third-order valence-corrected chi connectivity index (χ3v) is 10.3. The standard InChI is InChI=1S/C45H86O6/c1-7-41(6)33-27-21-14-10-8-9-11-15-22-28-34-43(46)49-37-42(38-50-44(47)35-29-23-18-17-20-26-32-40(4)5)51-45(48)36-30-24-16-12-13-19-25-31-39(2)3/h39-42H,7-38H2,1-6H3/t41?,42-/m0/s1. The molecule has 0 bridgehead atoms. The summed E-state index contributed by atoms with van der Waals surface area (Å²) < 4.78 is 16.7. The van der Waals surface area contributed by atoms with E-state index in [4.69, 9.17) is 14.2 Å². The Kier molecular flexibility index (Phi) is 35.6. The van der Waals surface area contributed by atoms with Gasteiger partial charge in [-0.3, -0.25) is 14.4 Å². The topological polar surface area (TPSA) is 78.9 Å². The van der Waals surface area contributed by atoms with Crippen LogP contribution >= 0.6 is 0 Å². The second kappa shape index (κ2) is 36.8. The van der Waals surface area contributed by atoms with Crippen molar-refractivity contribution in [1.29, 1.82) is 0 Å².